The van der Waals surface area contributed by atoms with Crippen LogP contribution in [0.4, 0.5) is 0 Å². The summed E-state index contributed by atoms with van der Waals surface area (Å²) in [7, 11) is 3.90. The minimum absolute atomic E-state index is 0.0171. The Labute approximate surface area is 147 Å². The van der Waals surface area contributed by atoms with Gasteiger partial charge in [0.15, 0.2) is 6.61 Å². The van der Waals surface area contributed by atoms with Gasteiger partial charge in [0.2, 0.25) is 0 Å². The van der Waals surface area contributed by atoms with E-state index in [-0.39, 0.29) is 18.6 Å². The highest BCUT2D eigenvalue weighted by Crippen LogP contribution is 2.25. The number of carbonyl (C=O) groups excluding carboxylic acids is 1. The van der Waals surface area contributed by atoms with E-state index in [0.29, 0.717) is 12.3 Å². The topological polar surface area (TPSA) is 54.7 Å². The van der Waals surface area contributed by atoms with Crippen molar-refractivity contribution in [2.24, 2.45) is 0 Å². The van der Waals surface area contributed by atoms with Crippen molar-refractivity contribution < 1.29 is 13.9 Å². The van der Waals surface area contributed by atoms with Crippen molar-refractivity contribution in [3.63, 3.8) is 0 Å². The Morgan fingerprint density at radius 2 is 1.92 bits per heavy atom. The van der Waals surface area contributed by atoms with Gasteiger partial charge in [-0.25, -0.2) is 0 Å². The molecule has 0 radical (unpaired) electrons. The van der Waals surface area contributed by atoms with Crippen LogP contribution in [-0.4, -0.2) is 38.1 Å². The van der Waals surface area contributed by atoms with E-state index in [9.17, 15) is 4.79 Å². The van der Waals surface area contributed by atoms with E-state index in [2.05, 4.69) is 5.32 Å². The summed E-state index contributed by atoms with van der Waals surface area (Å²) in [4.78, 5) is 14.2. The molecule has 3 rings (SSSR count). The molecule has 0 aliphatic rings. The number of nitrogens with one attached hydrogen (secondary N) is 1. The third-order valence-electron chi connectivity index (χ3n) is 4.10. The quantitative estimate of drug-likeness (QED) is 0.719. The molecule has 5 heteroatoms. The minimum atomic E-state index is -0.161. The summed E-state index contributed by atoms with van der Waals surface area (Å²) in [6, 6.07) is 17.5. The molecule has 0 bridgehead atoms. The number of ether oxygens (including phenoxy) is 1. The molecular formula is C20H22N2O3. The lowest BCUT2D eigenvalue weighted by atomic mass is 10.1. The average Bonchev–Trinajstić information content (AvgIpc) is 3.14. The lowest BCUT2D eigenvalue weighted by Crippen LogP contribution is -2.36. The Kier molecular flexibility index (Phi) is 5.36. The van der Waals surface area contributed by atoms with Crippen molar-refractivity contribution in [1.29, 1.82) is 0 Å². The van der Waals surface area contributed by atoms with Crippen LogP contribution in [0.5, 0.6) is 5.75 Å². The molecule has 130 valence electrons. The molecule has 1 N–H and O–H groups in total. The monoisotopic (exact) mass is 338 g/mol. The summed E-state index contributed by atoms with van der Waals surface area (Å²) in [5.74, 6) is 1.37. The first-order valence-corrected chi connectivity index (χ1v) is 8.22. The molecule has 5 nitrogen and oxygen atoms in total. The molecule has 0 saturated heterocycles. The number of likely N-dealkylation sites (N-methyl/N-ethyl adjacent to an activating group) is 1. The van der Waals surface area contributed by atoms with Crippen LogP contribution in [0.15, 0.2) is 65.3 Å². The highest BCUT2D eigenvalue weighted by Gasteiger charge is 2.18. The standard InChI is InChI=1S/C20H22N2O3/c1-22(2)17(19-11-6-12-24-19)13-21-20(23)14-25-18-10-5-8-15-7-3-4-9-16(15)18/h3-12,17H,13-14H2,1-2H3,(H,21,23). The third-order valence-corrected chi connectivity index (χ3v) is 4.10. The van der Waals surface area contributed by atoms with Crippen molar-refractivity contribution in [1.82, 2.24) is 10.2 Å². The fourth-order valence-corrected chi connectivity index (χ4v) is 2.74. The van der Waals surface area contributed by atoms with E-state index in [1.54, 1.807) is 6.26 Å². The normalized spacial score (nSPS) is 12.3. The molecular weight excluding hydrogens is 316 g/mol. The van der Waals surface area contributed by atoms with Gasteiger partial charge in [0.25, 0.3) is 5.91 Å². The molecule has 25 heavy (non-hydrogen) atoms. The van der Waals surface area contributed by atoms with E-state index in [1.165, 1.54) is 0 Å². The largest absolute Gasteiger partial charge is 0.483 e. The zero-order valence-corrected chi connectivity index (χ0v) is 14.4. The zero-order chi connectivity index (χ0) is 17.6. The van der Waals surface area contributed by atoms with Gasteiger partial charge in [0.05, 0.1) is 12.3 Å². The molecule has 1 aromatic heterocycles. The van der Waals surface area contributed by atoms with Crippen LogP contribution >= 0.6 is 0 Å². The van der Waals surface area contributed by atoms with Crippen molar-refractivity contribution >= 4 is 16.7 Å². The third kappa shape index (κ3) is 4.19. The van der Waals surface area contributed by atoms with Gasteiger partial charge in [-0.1, -0.05) is 36.4 Å². The first-order valence-electron chi connectivity index (χ1n) is 8.22. The summed E-state index contributed by atoms with van der Waals surface area (Å²) in [6.45, 7) is 0.435. The van der Waals surface area contributed by atoms with E-state index in [1.807, 2.05) is 73.6 Å². The van der Waals surface area contributed by atoms with Gasteiger partial charge in [-0.2, -0.15) is 0 Å². The van der Waals surface area contributed by atoms with Gasteiger partial charge >= 0.3 is 0 Å². The zero-order valence-electron chi connectivity index (χ0n) is 14.4. The maximum absolute atomic E-state index is 12.2. The number of amides is 1. The van der Waals surface area contributed by atoms with Crippen LogP contribution in [0, 0.1) is 0 Å². The molecule has 0 spiro atoms. The Balaban J connectivity index is 1.57. The molecule has 1 atom stereocenters. The van der Waals surface area contributed by atoms with E-state index >= 15 is 0 Å². The Hall–Kier alpha value is -2.79. The van der Waals surface area contributed by atoms with Gasteiger partial charge in [-0.15, -0.1) is 0 Å². The number of furan rings is 1. The van der Waals surface area contributed by atoms with Gasteiger partial charge in [0.1, 0.15) is 11.5 Å². The smallest absolute Gasteiger partial charge is 0.258 e. The fourth-order valence-electron chi connectivity index (χ4n) is 2.74. The number of rotatable bonds is 7. The van der Waals surface area contributed by atoms with Gasteiger partial charge in [0, 0.05) is 11.9 Å². The SMILES string of the molecule is CN(C)C(CNC(=O)COc1cccc2ccccc12)c1ccco1. The number of nitrogens with zero attached hydrogens (tertiary/aromatic N) is 1. The maximum Gasteiger partial charge on any atom is 0.258 e. The van der Waals surface area contributed by atoms with E-state index < -0.39 is 0 Å². The van der Waals surface area contributed by atoms with Gasteiger partial charge < -0.3 is 14.5 Å². The van der Waals surface area contributed by atoms with Crippen LogP contribution in [-0.2, 0) is 4.79 Å². The molecule has 0 aliphatic heterocycles. The summed E-state index contributed by atoms with van der Waals surface area (Å²) < 4.78 is 11.2. The number of hydrogen-bond donors (Lipinski definition) is 1. The average molecular weight is 338 g/mol. The highest BCUT2D eigenvalue weighted by atomic mass is 16.5. The van der Waals surface area contributed by atoms with Crippen molar-refractivity contribution in [3.05, 3.63) is 66.6 Å². The van der Waals surface area contributed by atoms with Gasteiger partial charge in [-0.05, 0) is 37.7 Å². The summed E-state index contributed by atoms with van der Waals surface area (Å²) in [5.41, 5.74) is 0. The van der Waals surface area contributed by atoms with Crippen molar-refractivity contribution in [2.75, 3.05) is 27.2 Å². The van der Waals surface area contributed by atoms with Gasteiger partial charge in [-0.3, -0.25) is 9.69 Å². The van der Waals surface area contributed by atoms with E-state index in [4.69, 9.17) is 9.15 Å². The number of benzene rings is 2. The summed E-state index contributed by atoms with van der Waals surface area (Å²) in [5, 5.41) is 4.99. The van der Waals surface area contributed by atoms with Crippen molar-refractivity contribution in [3.8, 4) is 5.75 Å². The van der Waals surface area contributed by atoms with Crippen molar-refractivity contribution in [2.45, 2.75) is 6.04 Å². The van der Waals surface area contributed by atoms with Crippen LogP contribution in [0.2, 0.25) is 0 Å². The minimum Gasteiger partial charge on any atom is -0.483 e. The van der Waals surface area contributed by atoms with E-state index in [0.717, 1.165) is 16.5 Å². The number of fused-ring (bicyclic) bond motifs is 1. The molecule has 1 heterocycles. The molecule has 1 amide bonds. The lowest BCUT2D eigenvalue weighted by Gasteiger charge is -2.22. The maximum atomic E-state index is 12.2. The Morgan fingerprint density at radius 1 is 1.12 bits per heavy atom. The number of hydrogen-bond acceptors (Lipinski definition) is 4. The fraction of sp³-hybridized carbons (Fsp3) is 0.250. The predicted molar refractivity (Wildman–Crippen MR) is 97.6 cm³/mol. The second-order valence-electron chi connectivity index (χ2n) is 6.06. The molecule has 0 fully saturated rings. The second kappa shape index (κ2) is 7.85. The van der Waals surface area contributed by atoms with Crippen LogP contribution in [0.25, 0.3) is 10.8 Å². The molecule has 2 aromatic carbocycles. The molecule has 0 aliphatic carbocycles. The number of carbonyl (C=O) groups is 1. The van der Waals surface area contributed by atoms with Crippen LogP contribution in [0.3, 0.4) is 0 Å². The molecule has 3 aromatic rings. The predicted octanol–water partition coefficient (Wildman–Crippen LogP) is 3.23. The highest BCUT2D eigenvalue weighted by molar-refractivity contribution is 5.88. The Bertz CT molecular complexity index is 823. The summed E-state index contributed by atoms with van der Waals surface area (Å²) in [6.07, 6.45) is 1.64. The molecule has 0 saturated carbocycles. The summed E-state index contributed by atoms with van der Waals surface area (Å²) >= 11 is 0. The lowest BCUT2D eigenvalue weighted by molar-refractivity contribution is -0.123. The molecule has 1 unspecified atom stereocenters. The second-order valence-corrected chi connectivity index (χ2v) is 6.06. The Morgan fingerprint density at radius 3 is 2.68 bits per heavy atom. The first-order chi connectivity index (χ1) is 12.1. The first kappa shape index (κ1) is 17.0. The van der Waals surface area contributed by atoms with Crippen LogP contribution < -0.4 is 10.1 Å². The van der Waals surface area contributed by atoms with Crippen LogP contribution in [0.1, 0.15) is 11.8 Å².